The molecule has 2 rings (SSSR count). The van der Waals surface area contributed by atoms with Crippen LogP contribution >= 0.6 is 0 Å². The summed E-state index contributed by atoms with van der Waals surface area (Å²) in [4.78, 5) is 16.3. The van der Waals surface area contributed by atoms with E-state index in [2.05, 4.69) is 18.9 Å². The molecule has 80 valence electrons. The van der Waals surface area contributed by atoms with E-state index in [4.69, 9.17) is 0 Å². The molecule has 0 aromatic carbocycles. The first-order valence-corrected chi connectivity index (χ1v) is 5.48. The summed E-state index contributed by atoms with van der Waals surface area (Å²) in [5.41, 5.74) is -0.111. The zero-order chi connectivity index (χ0) is 10.3. The van der Waals surface area contributed by atoms with E-state index < -0.39 is 0 Å². The highest BCUT2D eigenvalue weighted by Gasteiger charge is 2.48. The summed E-state index contributed by atoms with van der Waals surface area (Å²) >= 11 is 0. The number of amides is 1. The third-order valence-electron chi connectivity index (χ3n) is 4.01. The third-order valence-corrected chi connectivity index (χ3v) is 4.01. The van der Waals surface area contributed by atoms with Crippen LogP contribution in [0, 0.1) is 11.3 Å². The Balaban J connectivity index is 2.23. The number of nitrogens with zero attached hydrogens (tertiary/aromatic N) is 2. The first-order valence-electron chi connectivity index (χ1n) is 5.48. The van der Waals surface area contributed by atoms with E-state index in [1.54, 1.807) is 0 Å². The Hall–Kier alpha value is -0.570. The maximum atomic E-state index is 12.1. The van der Waals surface area contributed by atoms with Crippen LogP contribution < -0.4 is 0 Å². The minimum absolute atomic E-state index is 0.111. The number of carbonyl (C=O) groups is 1. The lowest BCUT2D eigenvalue weighted by Gasteiger charge is -2.49. The number of fused-ring (bicyclic) bond motifs is 1. The predicted molar refractivity (Wildman–Crippen MR) is 56.0 cm³/mol. The van der Waals surface area contributed by atoms with Gasteiger partial charge in [-0.15, -0.1) is 0 Å². The third kappa shape index (κ3) is 1.34. The van der Waals surface area contributed by atoms with Gasteiger partial charge in [0.25, 0.3) is 0 Å². The molecule has 0 aromatic rings. The lowest BCUT2D eigenvalue weighted by molar-refractivity contribution is -0.152. The van der Waals surface area contributed by atoms with E-state index in [-0.39, 0.29) is 5.41 Å². The van der Waals surface area contributed by atoms with Crippen LogP contribution in [0.2, 0.25) is 0 Å². The maximum absolute atomic E-state index is 12.1. The minimum Gasteiger partial charge on any atom is -0.345 e. The van der Waals surface area contributed by atoms with E-state index in [1.807, 2.05) is 11.9 Å². The fourth-order valence-electron chi connectivity index (χ4n) is 3.06. The lowest BCUT2D eigenvalue weighted by Crippen LogP contribution is -2.58. The SMILES string of the molecule is CN1CCC2CCN(C)C(=O)C2(C)C1. The fourth-order valence-corrected chi connectivity index (χ4v) is 3.06. The highest BCUT2D eigenvalue weighted by atomic mass is 16.2. The summed E-state index contributed by atoms with van der Waals surface area (Å²) in [7, 11) is 4.04. The zero-order valence-electron chi connectivity index (χ0n) is 9.42. The Morgan fingerprint density at radius 1 is 1.29 bits per heavy atom. The quantitative estimate of drug-likeness (QED) is 0.572. The second-order valence-electron chi connectivity index (χ2n) is 5.16. The molecule has 2 saturated heterocycles. The molecule has 0 bridgehead atoms. The van der Waals surface area contributed by atoms with Crippen LogP contribution in [0.5, 0.6) is 0 Å². The van der Waals surface area contributed by atoms with E-state index in [0.717, 1.165) is 19.6 Å². The van der Waals surface area contributed by atoms with Crippen molar-refractivity contribution in [1.29, 1.82) is 0 Å². The average molecular weight is 196 g/mol. The molecule has 2 aliphatic heterocycles. The average Bonchev–Trinajstić information content (AvgIpc) is 2.13. The molecule has 0 N–H and O–H groups in total. The van der Waals surface area contributed by atoms with Crippen molar-refractivity contribution in [2.45, 2.75) is 19.8 Å². The summed E-state index contributed by atoms with van der Waals surface area (Å²) in [6.45, 7) is 5.17. The highest BCUT2D eigenvalue weighted by Crippen LogP contribution is 2.41. The van der Waals surface area contributed by atoms with Crippen molar-refractivity contribution in [3.8, 4) is 0 Å². The van der Waals surface area contributed by atoms with Gasteiger partial charge in [0.05, 0.1) is 5.41 Å². The van der Waals surface area contributed by atoms with Gasteiger partial charge in [0.1, 0.15) is 0 Å². The molecule has 3 heteroatoms. The van der Waals surface area contributed by atoms with E-state index in [1.165, 1.54) is 12.8 Å². The van der Waals surface area contributed by atoms with Crippen molar-refractivity contribution >= 4 is 5.91 Å². The molecule has 0 aliphatic carbocycles. The molecule has 2 unspecified atom stereocenters. The van der Waals surface area contributed by atoms with Crippen LogP contribution in [0.25, 0.3) is 0 Å². The summed E-state index contributed by atoms with van der Waals surface area (Å²) in [5.74, 6) is 0.961. The molecule has 1 amide bonds. The molecular formula is C11H20N2O. The summed E-state index contributed by atoms with van der Waals surface area (Å²) in [6.07, 6.45) is 2.37. The molecule has 0 aromatic heterocycles. The van der Waals surface area contributed by atoms with Gasteiger partial charge in [-0.1, -0.05) is 0 Å². The molecule has 0 radical (unpaired) electrons. The first-order chi connectivity index (χ1) is 6.54. The normalized spacial score (nSPS) is 39.8. The molecule has 0 saturated carbocycles. The van der Waals surface area contributed by atoms with Gasteiger partial charge in [-0.05, 0) is 39.3 Å². The van der Waals surface area contributed by atoms with E-state index >= 15 is 0 Å². The summed E-state index contributed by atoms with van der Waals surface area (Å²) in [5, 5.41) is 0. The number of piperidine rings is 2. The lowest BCUT2D eigenvalue weighted by atomic mass is 9.68. The second kappa shape index (κ2) is 3.23. The van der Waals surface area contributed by atoms with Gasteiger partial charge < -0.3 is 9.80 Å². The largest absolute Gasteiger partial charge is 0.345 e. The zero-order valence-corrected chi connectivity index (χ0v) is 9.42. The minimum atomic E-state index is -0.111. The standard InChI is InChI=1S/C11H20N2O/c1-11-8-12(2)6-4-9(11)5-7-13(3)10(11)14/h9H,4-8H2,1-3H3. The van der Waals surface area contributed by atoms with Gasteiger partial charge in [-0.2, -0.15) is 0 Å². The number of hydrogen-bond donors (Lipinski definition) is 0. The Bertz CT molecular complexity index is 252. The summed E-state index contributed by atoms with van der Waals surface area (Å²) in [6, 6.07) is 0. The molecule has 14 heavy (non-hydrogen) atoms. The van der Waals surface area contributed by atoms with E-state index in [0.29, 0.717) is 11.8 Å². The number of carbonyl (C=O) groups excluding carboxylic acids is 1. The molecule has 3 nitrogen and oxygen atoms in total. The van der Waals surface area contributed by atoms with Gasteiger partial charge in [0.2, 0.25) is 5.91 Å². The van der Waals surface area contributed by atoms with Crippen LogP contribution in [0.15, 0.2) is 0 Å². The van der Waals surface area contributed by atoms with Gasteiger partial charge in [0, 0.05) is 20.1 Å². The van der Waals surface area contributed by atoms with Crippen LogP contribution in [-0.4, -0.2) is 49.4 Å². The maximum Gasteiger partial charge on any atom is 0.229 e. The first kappa shape index (κ1) is 9.97. The molecule has 2 atom stereocenters. The summed E-state index contributed by atoms with van der Waals surface area (Å²) < 4.78 is 0. The van der Waals surface area contributed by atoms with Gasteiger partial charge in [-0.25, -0.2) is 0 Å². The Morgan fingerprint density at radius 3 is 2.64 bits per heavy atom. The van der Waals surface area contributed by atoms with Crippen molar-refractivity contribution in [1.82, 2.24) is 9.80 Å². The van der Waals surface area contributed by atoms with Crippen LogP contribution in [0.4, 0.5) is 0 Å². The second-order valence-corrected chi connectivity index (χ2v) is 5.16. The Kier molecular flexibility index (Phi) is 2.30. The molecule has 2 heterocycles. The number of rotatable bonds is 0. The smallest absolute Gasteiger partial charge is 0.229 e. The van der Waals surface area contributed by atoms with Crippen LogP contribution in [0.3, 0.4) is 0 Å². The predicted octanol–water partition coefficient (Wildman–Crippen LogP) is 0.806. The van der Waals surface area contributed by atoms with Crippen LogP contribution in [-0.2, 0) is 4.79 Å². The Labute approximate surface area is 86.1 Å². The molecule has 2 fully saturated rings. The highest BCUT2D eigenvalue weighted by molar-refractivity contribution is 5.83. The van der Waals surface area contributed by atoms with Crippen LogP contribution in [0.1, 0.15) is 19.8 Å². The van der Waals surface area contributed by atoms with Crippen molar-refractivity contribution in [2.75, 3.05) is 33.7 Å². The van der Waals surface area contributed by atoms with E-state index in [9.17, 15) is 4.79 Å². The number of likely N-dealkylation sites (tertiary alicyclic amines) is 2. The van der Waals surface area contributed by atoms with Crippen molar-refractivity contribution in [3.05, 3.63) is 0 Å². The Morgan fingerprint density at radius 2 is 1.93 bits per heavy atom. The van der Waals surface area contributed by atoms with Gasteiger partial charge in [0.15, 0.2) is 0 Å². The molecule has 2 aliphatic rings. The molecule has 0 spiro atoms. The van der Waals surface area contributed by atoms with Gasteiger partial charge in [-0.3, -0.25) is 4.79 Å². The number of hydrogen-bond acceptors (Lipinski definition) is 2. The van der Waals surface area contributed by atoms with Crippen molar-refractivity contribution in [2.24, 2.45) is 11.3 Å². The van der Waals surface area contributed by atoms with Crippen molar-refractivity contribution < 1.29 is 4.79 Å². The fraction of sp³-hybridized carbons (Fsp3) is 0.909. The monoisotopic (exact) mass is 196 g/mol. The van der Waals surface area contributed by atoms with Gasteiger partial charge >= 0.3 is 0 Å². The van der Waals surface area contributed by atoms with Crippen molar-refractivity contribution in [3.63, 3.8) is 0 Å². The molecular weight excluding hydrogens is 176 g/mol. The topological polar surface area (TPSA) is 23.6 Å².